The molecule has 1 aromatic carbocycles. The van der Waals surface area contributed by atoms with Crippen LogP contribution in [0.1, 0.15) is 40.5 Å². The molecule has 25 heavy (non-hydrogen) atoms. The second kappa shape index (κ2) is 6.24. The van der Waals surface area contributed by atoms with E-state index >= 15 is 0 Å². The number of carbonyl (C=O) groups excluding carboxylic acids is 1. The molecule has 2 aliphatic rings. The van der Waals surface area contributed by atoms with Crippen molar-refractivity contribution in [2.75, 3.05) is 12.3 Å². The predicted octanol–water partition coefficient (Wildman–Crippen LogP) is 1.82. The minimum atomic E-state index is -0.364. The number of rotatable bonds is 4. The number of anilines is 1. The van der Waals surface area contributed by atoms with Crippen molar-refractivity contribution in [1.29, 1.82) is 0 Å². The molecule has 0 unspecified atom stereocenters. The van der Waals surface area contributed by atoms with E-state index in [0.29, 0.717) is 19.4 Å². The molecule has 1 aliphatic heterocycles. The summed E-state index contributed by atoms with van der Waals surface area (Å²) in [7, 11) is 0. The number of nitrogen functional groups attached to an aromatic ring is 1. The number of carbonyl (C=O) groups is 1. The summed E-state index contributed by atoms with van der Waals surface area (Å²) in [6.45, 7) is 0.682. The molecule has 1 aliphatic carbocycles. The minimum Gasteiger partial charge on any atom is -0.493 e. The lowest BCUT2D eigenvalue weighted by molar-refractivity contribution is 0.0234. The topological polar surface area (TPSA) is 113 Å². The SMILES string of the molecule is Nc1n[nH]c(C(=O)N[C@@H](c2ccc3c(c2)CCO3)C2CC(O)C2)c1Cl. The number of halogens is 1. The molecule has 8 heteroatoms. The Hall–Kier alpha value is -2.25. The second-order valence-electron chi connectivity index (χ2n) is 6.60. The molecule has 7 nitrogen and oxygen atoms in total. The lowest BCUT2D eigenvalue weighted by atomic mass is 9.75. The summed E-state index contributed by atoms with van der Waals surface area (Å²) < 4.78 is 5.55. The normalized spacial score (nSPS) is 22.6. The Balaban J connectivity index is 1.60. The van der Waals surface area contributed by atoms with Crippen molar-refractivity contribution in [3.8, 4) is 5.75 Å². The van der Waals surface area contributed by atoms with Gasteiger partial charge in [0.05, 0.1) is 18.8 Å². The fourth-order valence-corrected chi connectivity index (χ4v) is 3.65. The van der Waals surface area contributed by atoms with Gasteiger partial charge in [-0.3, -0.25) is 9.89 Å². The molecule has 1 amide bonds. The van der Waals surface area contributed by atoms with E-state index in [-0.39, 0.29) is 40.5 Å². The number of aromatic amines is 1. The molecular formula is C17H19ClN4O3. The van der Waals surface area contributed by atoms with Crippen molar-refractivity contribution in [2.24, 2.45) is 5.92 Å². The van der Waals surface area contributed by atoms with Crippen molar-refractivity contribution in [3.63, 3.8) is 0 Å². The molecule has 0 bridgehead atoms. The number of benzene rings is 1. The molecule has 1 fully saturated rings. The molecule has 1 saturated carbocycles. The Labute approximate surface area is 149 Å². The third-order valence-electron chi connectivity index (χ3n) is 4.94. The molecule has 0 spiro atoms. The highest BCUT2D eigenvalue weighted by atomic mass is 35.5. The number of nitrogens with two attached hydrogens (primary N) is 1. The lowest BCUT2D eigenvalue weighted by Gasteiger charge is -2.38. The fourth-order valence-electron chi connectivity index (χ4n) is 3.48. The number of aliphatic hydroxyl groups is 1. The van der Waals surface area contributed by atoms with Crippen molar-refractivity contribution in [3.05, 3.63) is 40.0 Å². The molecule has 132 valence electrons. The van der Waals surface area contributed by atoms with Crippen LogP contribution in [-0.4, -0.2) is 33.9 Å². The molecule has 4 rings (SSSR count). The van der Waals surface area contributed by atoms with Gasteiger partial charge in [-0.05, 0) is 42.0 Å². The van der Waals surface area contributed by atoms with Crippen LogP contribution < -0.4 is 15.8 Å². The van der Waals surface area contributed by atoms with Gasteiger partial charge in [-0.15, -0.1) is 0 Å². The van der Waals surface area contributed by atoms with Crippen molar-refractivity contribution >= 4 is 23.3 Å². The Morgan fingerprint density at radius 3 is 2.96 bits per heavy atom. The van der Waals surface area contributed by atoms with Gasteiger partial charge in [0.25, 0.3) is 5.91 Å². The number of H-pyrrole nitrogens is 1. The van der Waals surface area contributed by atoms with Gasteiger partial charge in [0, 0.05) is 6.42 Å². The third kappa shape index (κ3) is 2.94. The van der Waals surface area contributed by atoms with E-state index < -0.39 is 0 Å². The zero-order chi connectivity index (χ0) is 17.6. The first-order valence-electron chi connectivity index (χ1n) is 8.27. The Kier molecular flexibility index (Phi) is 4.05. The number of hydrogen-bond donors (Lipinski definition) is 4. The van der Waals surface area contributed by atoms with Crippen LogP contribution >= 0.6 is 11.6 Å². The van der Waals surface area contributed by atoms with Crippen LogP contribution in [0, 0.1) is 5.92 Å². The van der Waals surface area contributed by atoms with Crippen LogP contribution in [0.4, 0.5) is 5.82 Å². The monoisotopic (exact) mass is 362 g/mol. The summed E-state index contributed by atoms with van der Waals surface area (Å²) in [5.74, 6) is 0.791. The van der Waals surface area contributed by atoms with Gasteiger partial charge in [-0.25, -0.2) is 0 Å². The zero-order valence-corrected chi connectivity index (χ0v) is 14.2. The summed E-state index contributed by atoms with van der Waals surface area (Å²) in [6, 6.07) is 5.75. The average Bonchev–Trinajstić information content (AvgIpc) is 3.16. The number of fused-ring (bicyclic) bond motifs is 1. The van der Waals surface area contributed by atoms with E-state index in [4.69, 9.17) is 22.1 Å². The lowest BCUT2D eigenvalue weighted by Crippen LogP contribution is -2.41. The maximum atomic E-state index is 12.6. The van der Waals surface area contributed by atoms with Gasteiger partial charge in [0.2, 0.25) is 0 Å². The van der Waals surface area contributed by atoms with Crippen LogP contribution in [0.15, 0.2) is 18.2 Å². The van der Waals surface area contributed by atoms with Crippen molar-refractivity contribution < 1.29 is 14.6 Å². The maximum absolute atomic E-state index is 12.6. The van der Waals surface area contributed by atoms with E-state index in [1.165, 1.54) is 0 Å². The van der Waals surface area contributed by atoms with Gasteiger partial charge in [-0.2, -0.15) is 5.10 Å². The molecule has 5 N–H and O–H groups in total. The van der Waals surface area contributed by atoms with Crippen LogP contribution in [-0.2, 0) is 6.42 Å². The van der Waals surface area contributed by atoms with Crippen LogP contribution in [0.2, 0.25) is 5.02 Å². The highest BCUT2D eigenvalue weighted by molar-refractivity contribution is 6.35. The third-order valence-corrected chi connectivity index (χ3v) is 5.32. The smallest absolute Gasteiger partial charge is 0.271 e. The van der Waals surface area contributed by atoms with Gasteiger partial charge in [-0.1, -0.05) is 17.7 Å². The molecular weight excluding hydrogens is 344 g/mol. The van der Waals surface area contributed by atoms with E-state index in [9.17, 15) is 9.90 Å². The fraction of sp³-hybridized carbons (Fsp3) is 0.412. The van der Waals surface area contributed by atoms with Gasteiger partial charge in [0.15, 0.2) is 5.82 Å². The average molecular weight is 363 g/mol. The highest BCUT2D eigenvalue weighted by Crippen LogP contribution is 2.40. The summed E-state index contributed by atoms with van der Waals surface area (Å²) in [5.41, 5.74) is 7.88. The first-order valence-corrected chi connectivity index (χ1v) is 8.64. The molecule has 1 aromatic heterocycles. The van der Waals surface area contributed by atoms with Gasteiger partial charge in [0.1, 0.15) is 16.5 Å². The molecule has 0 radical (unpaired) electrons. The highest BCUT2D eigenvalue weighted by Gasteiger charge is 2.36. The zero-order valence-electron chi connectivity index (χ0n) is 13.5. The molecule has 2 heterocycles. The van der Waals surface area contributed by atoms with Crippen molar-refractivity contribution in [2.45, 2.75) is 31.4 Å². The first-order chi connectivity index (χ1) is 12.0. The Bertz CT molecular complexity index is 816. The molecule has 0 saturated heterocycles. The van der Waals surface area contributed by atoms with E-state index in [1.54, 1.807) is 0 Å². The predicted molar refractivity (Wildman–Crippen MR) is 92.6 cm³/mol. The summed E-state index contributed by atoms with van der Waals surface area (Å²) >= 11 is 6.02. The van der Waals surface area contributed by atoms with E-state index in [1.807, 2.05) is 12.1 Å². The number of amides is 1. The number of aliphatic hydroxyl groups excluding tert-OH is 1. The molecule has 1 atom stereocenters. The van der Waals surface area contributed by atoms with Gasteiger partial charge >= 0.3 is 0 Å². The molecule has 2 aromatic rings. The number of hydrogen-bond acceptors (Lipinski definition) is 5. The maximum Gasteiger partial charge on any atom is 0.271 e. The van der Waals surface area contributed by atoms with Crippen LogP contribution in [0.25, 0.3) is 0 Å². The Morgan fingerprint density at radius 1 is 1.48 bits per heavy atom. The minimum absolute atomic E-state index is 0.0945. The van der Waals surface area contributed by atoms with Crippen molar-refractivity contribution in [1.82, 2.24) is 15.5 Å². The number of aromatic nitrogens is 2. The number of nitrogens with zero attached hydrogens (tertiary/aromatic N) is 1. The van der Waals surface area contributed by atoms with E-state index in [0.717, 1.165) is 23.3 Å². The largest absolute Gasteiger partial charge is 0.493 e. The summed E-state index contributed by atoms with van der Waals surface area (Å²) in [6.07, 6.45) is 1.85. The van der Waals surface area contributed by atoms with Crippen LogP contribution in [0.3, 0.4) is 0 Å². The first kappa shape index (κ1) is 16.2. The second-order valence-corrected chi connectivity index (χ2v) is 6.98. The van der Waals surface area contributed by atoms with Crippen LogP contribution in [0.5, 0.6) is 5.75 Å². The number of nitrogens with one attached hydrogen (secondary N) is 2. The standard InChI is InChI=1S/C17H19ClN4O3/c18-13-15(21-22-16(13)19)17(24)20-14(10-6-11(23)7-10)9-1-2-12-8(5-9)3-4-25-12/h1-2,5,10-11,14,23H,3-4,6-7H2,(H,20,24)(H3,19,21,22)/t10?,11?,14-/m0/s1. The number of ether oxygens (including phenoxy) is 1. The summed E-state index contributed by atoms with van der Waals surface area (Å²) in [4.78, 5) is 12.6. The summed E-state index contributed by atoms with van der Waals surface area (Å²) in [5, 5.41) is 19.1. The Morgan fingerprint density at radius 2 is 2.28 bits per heavy atom. The quantitative estimate of drug-likeness (QED) is 0.662. The van der Waals surface area contributed by atoms with Gasteiger partial charge < -0.3 is 20.9 Å². The van der Waals surface area contributed by atoms with E-state index in [2.05, 4.69) is 21.6 Å².